The highest BCUT2D eigenvalue weighted by molar-refractivity contribution is 14.1. The Balaban J connectivity index is 0.000000123. The number of benzene rings is 3. The first kappa shape index (κ1) is 72.1. The van der Waals surface area contributed by atoms with Crippen molar-refractivity contribution < 1.29 is 24.0 Å². The van der Waals surface area contributed by atoms with E-state index in [9.17, 15) is 24.0 Å². The van der Waals surface area contributed by atoms with Gasteiger partial charge in [0.25, 0.3) is 0 Å². The van der Waals surface area contributed by atoms with Gasteiger partial charge in [-0.1, -0.05) is 178 Å². The summed E-state index contributed by atoms with van der Waals surface area (Å²) in [6, 6.07) is 24.6. The summed E-state index contributed by atoms with van der Waals surface area (Å²) in [5.41, 5.74) is 13.1. The number of Topliss-reactive ketones (excluding diaryl/α,β-unsaturated/α-hetero) is 4. The fraction of sp³-hybridized carbons (Fsp3) is 0.420. The van der Waals surface area contributed by atoms with Crippen LogP contribution in [0.3, 0.4) is 0 Å². The molecule has 1 amide bonds. The average molecular weight is 1560 g/mol. The van der Waals surface area contributed by atoms with Gasteiger partial charge >= 0.3 is 0 Å². The fourth-order valence-corrected chi connectivity index (χ4v) is 17.7. The summed E-state index contributed by atoms with van der Waals surface area (Å²) in [5, 5.41) is 1.40. The SMILES string of the molecule is CC1(C(=O)c2c[nH]c3ncc(-c4cccc(I)c4)nc23)CCCCC1.CC1(C(=O)c2c[nH]c3ncc(-c4cccc(N5CCCC5=O)c4)nc23)CCCCC1.CC1(C(=O)c2c[nH]c3ncc(-c4cccc([Si](C)(C)C)c4)nc23)CCCCC1.CC1(C(=O)c2c[nH]c3ncc(Br)nc23)CCCCC1. The van der Waals surface area contributed by atoms with Crippen LogP contribution in [-0.2, 0) is 4.79 Å². The lowest BCUT2D eigenvalue weighted by atomic mass is 9.71. The lowest BCUT2D eigenvalue weighted by molar-refractivity contribution is -0.117. The van der Waals surface area contributed by atoms with Crippen molar-refractivity contribution in [2.24, 2.45) is 21.7 Å². The van der Waals surface area contributed by atoms with E-state index < -0.39 is 8.07 Å². The molecular formula is C81H91BrIN13O5Si. The molecule has 5 aliphatic rings. The first-order chi connectivity index (χ1) is 49.0. The molecule has 8 aromatic heterocycles. The maximum Gasteiger partial charge on any atom is 0.227 e. The number of halogens is 2. The molecule has 0 radical (unpaired) electrons. The summed E-state index contributed by atoms with van der Waals surface area (Å²) in [4.78, 5) is 116. The molecule has 1 saturated heterocycles. The number of hydrogen-bond donors (Lipinski definition) is 4. The minimum absolute atomic E-state index is 0.160. The molecular weight excluding hydrogens is 1470 g/mol. The number of hydrogen-bond acceptors (Lipinski definition) is 13. The first-order valence-corrected chi connectivity index (χ1v) is 41.9. The summed E-state index contributed by atoms with van der Waals surface area (Å²) >= 11 is 5.60. The Morgan fingerprint density at radius 1 is 0.441 bits per heavy atom. The molecule has 0 bridgehead atoms. The van der Waals surface area contributed by atoms with E-state index in [0.717, 1.165) is 153 Å². The van der Waals surface area contributed by atoms with E-state index in [1.54, 1.807) is 49.6 Å². The number of aromatic amines is 4. The molecule has 0 atom stereocenters. The number of nitrogens with one attached hydrogen (secondary N) is 4. The molecule has 102 heavy (non-hydrogen) atoms. The number of rotatable bonds is 13. The summed E-state index contributed by atoms with van der Waals surface area (Å²) < 4.78 is 1.81. The second kappa shape index (κ2) is 30.2. The fourth-order valence-electron chi connectivity index (χ4n) is 15.7. The molecule has 18 nitrogen and oxygen atoms in total. The quantitative estimate of drug-likeness (QED) is 0.0476. The van der Waals surface area contributed by atoms with Gasteiger partial charge in [0.2, 0.25) is 5.91 Å². The predicted molar refractivity (Wildman–Crippen MR) is 419 cm³/mol. The Labute approximate surface area is 618 Å². The number of nitrogens with zero attached hydrogens (tertiary/aromatic N) is 9. The number of carbonyl (C=O) groups excluding carboxylic acids is 5. The second-order valence-corrected chi connectivity index (χ2v) is 38.0. The van der Waals surface area contributed by atoms with Crippen LogP contribution in [0.5, 0.6) is 0 Å². The molecule has 4 N–H and O–H groups in total. The number of ketones is 4. The number of anilines is 1. The monoisotopic (exact) mass is 1560 g/mol. The van der Waals surface area contributed by atoms with Crippen LogP contribution in [0.1, 0.15) is 210 Å². The summed E-state index contributed by atoms with van der Waals surface area (Å²) in [6.07, 6.45) is 37.1. The van der Waals surface area contributed by atoms with Crippen LogP contribution >= 0.6 is 38.5 Å². The Morgan fingerprint density at radius 3 is 1.15 bits per heavy atom. The van der Waals surface area contributed by atoms with E-state index in [0.29, 0.717) is 83.6 Å². The van der Waals surface area contributed by atoms with Gasteiger partial charge in [-0.25, -0.2) is 39.9 Å². The highest BCUT2D eigenvalue weighted by Gasteiger charge is 2.41. The van der Waals surface area contributed by atoms with Gasteiger partial charge in [-0.2, -0.15) is 0 Å². The molecule has 0 unspecified atom stereocenters. The maximum absolute atomic E-state index is 13.4. The number of H-pyrrole nitrogens is 4. The predicted octanol–water partition coefficient (Wildman–Crippen LogP) is 19.5. The van der Waals surface area contributed by atoms with Crippen LogP contribution in [0.4, 0.5) is 5.69 Å². The zero-order valence-corrected chi connectivity index (χ0v) is 64.4. The summed E-state index contributed by atoms with van der Waals surface area (Å²) in [7, 11) is -1.41. The Morgan fingerprint density at radius 2 is 0.784 bits per heavy atom. The van der Waals surface area contributed by atoms with Crippen molar-refractivity contribution in [1.82, 2.24) is 59.8 Å². The molecule has 528 valence electrons. The van der Waals surface area contributed by atoms with Crippen molar-refractivity contribution in [3.63, 3.8) is 0 Å². The van der Waals surface area contributed by atoms with Crippen LogP contribution in [0.15, 0.2) is 127 Å². The molecule has 5 fully saturated rings. The van der Waals surface area contributed by atoms with Gasteiger partial charge < -0.3 is 24.8 Å². The zero-order chi connectivity index (χ0) is 71.6. The smallest absolute Gasteiger partial charge is 0.227 e. The summed E-state index contributed by atoms with van der Waals surface area (Å²) in [5.74, 6) is 0.934. The van der Waals surface area contributed by atoms with Crippen LogP contribution in [0.2, 0.25) is 19.6 Å². The topological polar surface area (TPSA) is 255 Å². The molecule has 21 heteroatoms. The maximum atomic E-state index is 13.4. The number of carbonyl (C=O) groups is 5. The highest BCUT2D eigenvalue weighted by Crippen LogP contribution is 2.44. The van der Waals surface area contributed by atoms with Crippen molar-refractivity contribution in [2.45, 2.75) is 189 Å². The van der Waals surface area contributed by atoms with Crippen molar-refractivity contribution in [1.29, 1.82) is 0 Å². The standard InChI is InChI=1S/C24H26N4O2.C23H29N3OSi.C20H20IN3O.C14H16BrN3O/c1-24(10-3-2-4-11-24)22(30)18-14-25-23-21(18)27-19(15-26-23)16-7-5-8-17(13-16)28-12-6-9-20(28)29;1-23(11-6-5-7-12-23)21(27)18-14-24-22-20(18)26-19(15-25-22)16-9-8-10-17(13-16)28(2,3)4;1-20(8-3-2-4-9-20)18(25)15-11-22-19-17(15)24-16(12-23-19)13-6-5-7-14(21)10-13;1-14(5-3-2-4-6-14)12(19)9-7-16-13-11(9)18-10(15)8-17-13/h5,7-8,13-15H,2-4,6,9-12H2,1H3,(H,25,26);8-10,13-15H,5-7,11-12H2,1-4H3,(H,24,25);5-7,10-12H,2-4,8-9H2,1H3,(H,22,23);7-8H,2-6H2,1H3,(H,16,17). The van der Waals surface area contributed by atoms with Crippen LogP contribution in [0.25, 0.3) is 78.4 Å². The molecule has 4 saturated carbocycles. The molecule has 11 aromatic rings. The number of aromatic nitrogens is 12. The molecule has 3 aromatic carbocycles. The molecule has 4 aliphatic carbocycles. The molecule has 16 rings (SSSR count). The lowest BCUT2D eigenvalue weighted by Gasteiger charge is -2.31. The third-order valence-corrected chi connectivity index (χ3v) is 25.3. The average Bonchev–Trinajstić information content (AvgIpc) is 1.60. The first-order valence-electron chi connectivity index (χ1n) is 36.5. The van der Waals surface area contributed by atoms with Crippen molar-refractivity contribution in [2.75, 3.05) is 11.4 Å². The highest BCUT2D eigenvalue weighted by atomic mass is 127. The van der Waals surface area contributed by atoms with E-state index in [4.69, 9.17) is 15.0 Å². The Kier molecular flexibility index (Phi) is 21.3. The van der Waals surface area contributed by atoms with E-state index >= 15 is 0 Å². The largest absolute Gasteiger partial charge is 0.344 e. The Hall–Kier alpha value is -8.28. The lowest BCUT2D eigenvalue weighted by Crippen LogP contribution is -2.37. The number of amides is 1. The zero-order valence-electron chi connectivity index (χ0n) is 59.6. The van der Waals surface area contributed by atoms with Crippen molar-refractivity contribution >= 4 is 131 Å². The third kappa shape index (κ3) is 15.4. The van der Waals surface area contributed by atoms with Crippen LogP contribution in [-0.4, -0.2) is 103 Å². The van der Waals surface area contributed by atoms with Crippen LogP contribution < -0.4 is 10.1 Å². The molecule has 1 aliphatic heterocycles. The van der Waals surface area contributed by atoms with Gasteiger partial charge in [0.15, 0.2) is 45.7 Å². The van der Waals surface area contributed by atoms with E-state index in [1.807, 2.05) is 47.4 Å². The van der Waals surface area contributed by atoms with E-state index in [-0.39, 0.29) is 50.7 Å². The Bertz CT molecular complexity index is 4950. The van der Waals surface area contributed by atoms with Gasteiger partial charge in [0.1, 0.15) is 26.7 Å². The minimum atomic E-state index is -1.41. The molecule has 9 heterocycles. The normalized spacial score (nSPS) is 17.8. The van der Waals surface area contributed by atoms with Crippen LogP contribution in [0, 0.1) is 25.2 Å². The van der Waals surface area contributed by atoms with E-state index in [2.05, 4.69) is 161 Å². The van der Waals surface area contributed by atoms with Gasteiger partial charge in [-0.05, 0) is 121 Å². The second-order valence-electron chi connectivity index (χ2n) is 30.9. The number of fused-ring (bicyclic) bond motifs is 4. The van der Waals surface area contributed by atoms with Gasteiger partial charge in [0.05, 0.1) is 72.2 Å². The third-order valence-electron chi connectivity index (χ3n) is 22.2. The van der Waals surface area contributed by atoms with Gasteiger partial charge in [0, 0.05) is 85.4 Å². The minimum Gasteiger partial charge on any atom is -0.344 e. The van der Waals surface area contributed by atoms with Crippen molar-refractivity contribution in [3.8, 4) is 33.8 Å². The van der Waals surface area contributed by atoms with Gasteiger partial charge in [-0.15, -0.1) is 0 Å². The molecule has 0 spiro atoms. The van der Waals surface area contributed by atoms with Gasteiger partial charge in [-0.3, -0.25) is 24.0 Å². The van der Waals surface area contributed by atoms with E-state index in [1.165, 1.54) is 30.9 Å². The van der Waals surface area contributed by atoms with Crippen molar-refractivity contribution in [3.05, 3.63) is 153 Å². The summed E-state index contributed by atoms with van der Waals surface area (Å²) in [6.45, 7) is 16.2.